The molecule has 0 unspecified atom stereocenters. The molecule has 0 spiro atoms. The van der Waals surface area contributed by atoms with E-state index in [-0.39, 0.29) is 5.91 Å². The lowest BCUT2D eigenvalue weighted by Crippen LogP contribution is -2.07. The van der Waals surface area contributed by atoms with Crippen LogP contribution in [0, 0.1) is 0 Å². The summed E-state index contributed by atoms with van der Waals surface area (Å²) < 4.78 is 10.7. The first-order valence-electron chi connectivity index (χ1n) is 9.81. The smallest absolute Gasteiger partial charge is 0.247 e. The molecule has 166 valence electrons. The van der Waals surface area contributed by atoms with Gasteiger partial charge in [-0.2, -0.15) is 4.98 Å². The normalized spacial score (nSPS) is 10.3. The summed E-state index contributed by atoms with van der Waals surface area (Å²) in [7, 11) is 1.64. The van der Waals surface area contributed by atoms with Crippen molar-refractivity contribution in [3.05, 3.63) is 67.4 Å². The number of carbonyl (C=O) groups is 1. The first kappa shape index (κ1) is 23.1. The molecular formula is C23H25N5O3S. The summed E-state index contributed by atoms with van der Waals surface area (Å²) in [5.41, 5.74) is 2.24. The van der Waals surface area contributed by atoms with Crippen LogP contribution in [0.5, 0.6) is 5.75 Å². The van der Waals surface area contributed by atoms with Crippen LogP contribution in [0.1, 0.15) is 0 Å². The van der Waals surface area contributed by atoms with Gasteiger partial charge < -0.3 is 25.4 Å². The molecule has 32 heavy (non-hydrogen) atoms. The number of rotatable bonds is 11. The molecule has 8 nitrogen and oxygen atoms in total. The summed E-state index contributed by atoms with van der Waals surface area (Å²) >= 11 is 1.53. The third-order valence-electron chi connectivity index (χ3n) is 4.20. The molecule has 0 saturated heterocycles. The summed E-state index contributed by atoms with van der Waals surface area (Å²) in [4.78, 5) is 21.5. The van der Waals surface area contributed by atoms with Gasteiger partial charge in [-0.25, -0.2) is 4.98 Å². The van der Waals surface area contributed by atoms with Gasteiger partial charge in [0.05, 0.1) is 11.5 Å². The van der Waals surface area contributed by atoms with Crippen LogP contribution in [-0.4, -0.2) is 42.5 Å². The van der Waals surface area contributed by atoms with Crippen molar-refractivity contribution in [1.29, 1.82) is 0 Å². The number of ether oxygens (including phenoxy) is 2. The Morgan fingerprint density at radius 1 is 1.09 bits per heavy atom. The minimum Gasteiger partial charge on any atom is -0.491 e. The zero-order valence-electron chi connectivity index (χ0n) is 17.9. The molecule has 9 heteroatoms. The number of nitrogens with one attached hydrogen (secondary N) is 3. The number of methoxy groups -OCH3 is 1. The Hall–Kier alpha value is -3.56. The van der Waals surface area contributed by atoms with Gasteiger partial charge in [0.15, 0.2) is 0 Å². The van der Waals surface area contributed by atoms with Crippen molar-refractivity contribution >= 4 is 46.5 Å². The highest BCUT2D eigenvalue weighted by Gasteiger charge is 2.09. The fourth-order valence-corrected chi connectivity index (χ4v) is 3.16. The molecule has 0 aliphatic carbocycles. The van der Waals surface area contributed by atoms with E-state index in [4.69, 9.17) is 9.47 Å². The zero-order chi connectivity index (χ0) is 22.8. The molecule has 2 aromatic carbocycles. The molecule has 1 amide bonds. The molecule has 0 aliphatic rings. The highest BCUT2D eigenvalue weighted by molar-refractivity contribution is 7.98. The number of nitrogens with zero attached hydrogens (tertiary/aromatic N) is 2. The molecule has 0 saturated carbocycles. The van der Waals surface area contributed by atoms with Crippen molar-refractivity contribution in [2.75, 3.05) is 42.5 Å². The van der Waals surface area contributed by atoms with E-state index in [1.54, 1.807) is 19.4 Å². The van der Waals surface area contributed by atoms with E-state index in [9.17, 15) is 4.79 Å². The summed E-state index contributed by atoms with van der Waals surface area (Å²) in [6.07, 6.45) is 4.94. The molecule has 0 fully saturated rings. The largest absolute Gasteiger partial charge is 0.491 e. The Kier molecular flexibility index (Phi) is 8.47. The Balaban J connectivity index is 1.76. The number of hydrogen-bond acceptors (Lipinski definition) is 8. The Labute approximate surface area is 191 Å². The average molecular weight is 452 g/mol. The van der Waals surface area contributed by atoms with Gasteiger partial charge in [0.2, 0.25) is 11.9 Å². The number of carbonyl (C=O) groups excluding carboxylic acids is 1. The maximum Gasteiger partial charge on any atom is 0.247 e. The molecule has 0 bridgehead atoms. The summed E-state index contributed by atoms with van der Waals surface area (Å²) in [6, 6.07) is 14.9. The van der Waals surface area contributed by atoms with Crippen molar-refractivity contribution < 1.29 is 14.3 Å². The van der Waals surface area contributed by atoms with E-state index in [0.29, 0.717) is 30.7 Å². The summed E-state index contributed by atoms with van der Waals surface area (Å²) in [5.74, 6) is 1.54. The summed E-state index contributed by atoms with van der Waals surface area (Å²) in [6.45, 7) is 4.46. The first-order chi connectivity index (χ1) is 15.6. The lowest BCUT2D eigenvalue weighted by Gasteiger charge is -2.13. The lowest BCUT2D eigenvalue weighted by molar-refractivity contribution is -0.111. The second-order valence-corrected chi connectivity index (χ2v) is 7.35. The molecule has 1 aromatic heterocycles. The second kappa shape index (κ2) is 11.7. The second-order valence-electron chi connectivity index (χ2n) is 6.50. The van der Waals surface area contributed by atoms with E-state index >= 15 is 0 Å². The lowest BCUT2D eigenvalue weighted by atomic mass is 10.2. The molecule has 3 aromatic rings. The maximum atomic E-state index is 11.6. The van der Waals surface area contributed by atoms with Gasteiger partial charge in [-0.05, 0) is 42.7 Å². The number of amides is 1. The Morgan fingerprint density at radius 3 is 2.59 bits per heavy atom. The quantitative estimate of drug-likeness (QED) is 0.217. The van der Waals surface area contributed by atoms with Crippen LogP contribution in [0.2, 0.25) is 0 Å². The molecule has 3 N–H and O–H groups in total. The van der Waals surface area contributed by atoms with Crippen molar-refractivity contribution in [2.24, 2.45) is 0 Å². The minimum absolute atomic E-state index is 0.270. The Bertz CT molecular complexity index is 1080. The van der Waals surface area contributed by atoms with Crippen LogP contribution in [-0.2, 0) is 9.53 Å². The highest BCUT2D eigenvalue weighted by Crippen LogP contribution is 2.29. The van der Waals surface area contributed by atoms with Crippen LogP contribution in [0.15, 0.2) is 72.3 Å². The third-order valence-corrected chi connectivity index (χ3v) is 4.94. The minimum atomic E-state index is -0.270. The van der Waals surface area contributed by atoms with Gasteiger partial charge >= 0.3 is 0 Å². The molecule has 0 aliphatic heterocycles. The number of hydrogen-bond donors (Lipinski definition) is 3. The molecule has 0 radical (unpaired) electrons. The van der Waals surface area contributed by atoms with Crippen molar-refractivity contribution in [3.8, 4) is 5.75 Å². The molecular weight excluding hydrogens is 426 g/mol. The fourth-order valence-electron chi connectivity index (χ4n) is 2.71. The van der Waals surface area contributed by atoms with Gasteiger partial charge in [0, 0.05) is 36.4 Å². The van der Waals surface area contributed by atoms with Gasteiger partial charge in [-0.15, -0.1) is 11.8 Å². The molecule has 3 rings (SSSR count). The van der Waals surface area contributed by atoms with Crippen LogP contribution in [0.3, 0.4) is 0 Å². The summed E-state index contributed by atoms with van der Waals surface area (Å²) in [5, 5.41) is 9.25. The topological polar surface area (TPSA) is 97.4 Å². The number of anilines is 5. The van der Waals surface area contributed by atoms with E-state index < -0.39 is 0 Å². The number of aromatic nitrogens is 2. The van der Waals surface area contributed by atoms with Gasteiger partial charge in [-0.3, -0.25) is 4.79 Å². The van der Waals surface area contributed by atoms with Crippen LogP contribution in [0.25, 0.3) is 0 Å². The van der Waals surface area contributed by atoms with E-state index in [1.165, 1.54) is 17.8 Å². The number of benzene rings is 2. The van der Waals surface area contributed by atoms with Crippen molar-refractivity contribution in [1.82, 2.24) is 9.97 Å². The first-order valence-corrected chi connectivity index (χ1v) is 11.0. The van der Waals surface area contributed by atoms with Gasteiger partial charge in [-0.1, -0.05) is 18.7 Å². The third kappa shape index (κ3) is 6.73. The average Bonchev–Trinajstić information content (AvgIpc) is 2.80. The monoisotopic (exact) mass is 451 g/mol. The molecule has 0 atom stereocenters. The Morgan fingerprint density at radius 2 is 1.84 bits per heavy atom. The standard InChI is InChI=1S/C23H25N5O3S/c1-4-21(29)25-16-7-5-8-17(13-16)26-22-20(32-3)15-24-23(28-22)27-18-9-6-10-19(14-18)31-12-11-30-2/h4-10,13-15H,1,11-12H2,2-3H3,(H,25,29)(H2,24,26,27,28). The van der Waals surface area contributed by atoms with E-state index in [0.717, 1.165) is 22.0 Å². The highest BCUT2D eigenvalue weighted by atomic mass is 32.2. The van der Waals surface area contributed by atoms with Crippen molar-refractivity contribution in [3.63, 3.8) is 0 Å². The molecule has 1 heterocycles. The van der Waals surface area contributed by atoms with Gasteiger partial charge in [0.25, 0.3) is 0 Å². The predicted molar refractivity (Wildman–Crippen MR) is 129 cm³/mol. The van der Waals surface area contributed by atoms with Gasteiger partial charge in [0.1, 0.15) is 18.2 Å². The SMILES string of the molecule is C=CC(=O)Nc1cccc(Nc2nc(Nc3cccc(OCCOC)c3)ncc2SC)c1. The van der Waals surface area contributed by atoms with E-state index in [2.05, 4.69) is 32.5 Å². The number of thioether (sulfide) groups is 1. The fraction of sp³-hybridized carbons (Fsp3) is 0.174. The van der Waals surface area contributed by atoms with Crippen molar-refractivity contribution in [2.45, 2.75) is 4.90 Å². The van der Waals surface area contributed by atoms with Crippen LogP contribution >= 0.6 is 11.8 Å². The predicted octanol–water partition coefficient (Wildman–Crippen LogP) is 4.84. The van der Waals surface area contributed by atoms with E-state index in [1.807, 2.05) is 48.7 Å². The zero-order valence-corrected chi connectivity index (χ0v) is 18.7. The van der Waals surface area contributed by atoms with Crippen LogP contribution < -0.4 is 20.7 Å². The van der Waals surface area contributed by atoms with Crippen LogP contribution in [0.4, 0.5) is 28.8 Å². The maximum absolute atomic E-state index is 11.6.